The zero-order chi connectivity index (χ0) is 22.0. The van der Waals surface area contributed by atoms with Gasteiger partial charge in [0.05, 0.1) is 26.4 Å². The Morgan fingerprint density at radius 1 is 1.00 bits per heavy atom. The highest BCUT2D eigenvalue weighted by atomic mass is 16.7. The fourth-order valence-corrected chi connectivity index (χ4v) is 4.17. The van der Waals surface area contributed by atoms with Gasteiger partial charge in [-0.1, -0.05) is 60.7 Å². The van der Waals surface area contributed by atoms with E-state index < -0.39 is 29.6 Å². The number of ether oxygens (including phenoxy) is 4. The van der Waals surface area contributed by atoms with E-state index in [1.807, 2.05) is 60.7 Å². The Bertz CT molecular complexity index is 1110. The summed E-state index contributed by atoms with van der Waals surface area (Å²) in [6, 6.07) is 21.0. The zero-order valence-corrected chi connectivity index (χ0v) is 17.4. The summed E-state index contributed by atoms with van der Waals surface area (Å²) >= 11 is 0. The van der Waals surface area contributed by atoms with Crippen LogP contribution >= 0.6 is 0 Å². The Kier molecular flexibility index (Phi) is 5.75. The predicted octanol–water partition coefficient (Wildman–Crippen LogP) is 2.07. The average molecular weight is 436 g/mol. The standard InChI is InChI=1S/C24H24N2O6/c27-15-24(16-29-13-17-7-3-1-4-8-17)21(30-14-18-9-5-2-6-10-18)20-22(32-24)26-12-11-19(28)25-23(26)31-20/h1-12,20-22,27H,13-16H2/t20-,21-,22+,24+/m0/s1. The largest absolute Gasteiger partial charge is 0.453 e. The van der Waals surface area contributed by atoms with Crippen molar-refractivity contribution in [3.63, 3.8) is 0 Å². The number of hydrogen-bond acceptors (Lipinski definition) is 7. The molecule has 0 unspecified atom stereocenters. The second-order valence-corrected chi connectivity index (χ2v) is 7.96. The third kappa shape index (κ3) is 3.93. The minimum Gasteiger partial charge on any atom is -0.453 e. The van der Waals surface area contributed by atoms with E-state index in [1.54, 1.807) is 10.8 Å². The molecule has 3 aromatic rings. The highest BCUT2D eigenvalue weighted by molar-refractivity contribution is 5.17. The summed E-state index contributed by atoms with van der Waals surface area (Å²) in [4.78, 5) is 15.6. The van der Waals surface area contributed by atoms with Crippen LogP contribution in [0.25, 0.3) is 0 Å². The zero-order valence-electron chi connectivity index (χ0n) is 17.4. The quantitative estimate of drug-likeness (QED) is 0.578. The van der Waals surface area contributed by atoms with Crippen LogP contribution in [-0.4, -0.2) is 45.7 Å². The van der Waals surface area contributed by atoms with Gasteiger partial charge in [0, 0.05) is 12.3 Å². The van der Waals surface area contributed by atoms with Crippen molar-refractivity contribution in [3.8, 4) is 6.01 Å². The molecule has 0 spiro atoms. The van der Waals surface area contributed by atoms with Crippen LogP contribution in [0.2, 0.25) is 0 Å². The molecular weight excluding hydrogens is 412 g/mol. The van der Waals surface area contributed by atoms with E-state index in [9.17, 15) is 9.90 Å². The molecule has 32 heavy (non-hydrogen) atoms. The van der Waals surface area contributed by atoms with Gasteiger partial charge in [-0.15, -0.1) is 0 Å². The number of aromatic nitrogens is 2. The molecule has 0 saturated carbocycles. The van der Waals surface area contributed by atoms with Crippen LogP contribution in [0.15, 0.2) is 77.7 Å². The highest BCUT2D eigenvalue weighted by Crippen LogP contribution is 2.45. The smallest absolute Gasteiger partial charge is 0.302 e. The van der Waals surface area contributed by atoms with Crippen LogP contribution in [0.1, 0.15) is 17.4 Å². The molecule has 0 bridgehead atoms. The SMILES string of the molecule is O=c1ccn2c(n1)O[C@@H]1[C@H]2O[C@](CO)(COCc2ccccc2)[C@H]1OCc1ccccc1. The summed E-state index contributed by atoms with van der Waals surface area (Å²) in [7, 11) is 0. The van der Waals surface area contributed by atoms with Crippen molar-refractivity contribution in [1.29, 1.82) is 0 Å². The molecule has 3 heterocycles. The van der Waals surface area contributed by atoms with Crippen molar-refractivity contribution in [3.05, 3.63) is 94.4 Å². The molecule has 4 atom stereocenters. The summed E-state index contributed by atoms with van der Waals surface area (Å²) in [5.41, 5.74) is 0.470. The number of aliphatic hydroxyl groups is 1. The molecule has 1 N–H and O–H groups in total. The summed E-state index contributed by atoms with van der Waals surface area (Å²) in [5, 5.41) is 10.4. The average Bonchev–Trinajstić information content (AvgIpc) is 3.31. The molecule has 8 heteroatoms. The van der Waals surface area contributed by atoms with E-state index in [1.165, 1.54) is 6.07 Å². The fraction of sp³-hybridized carbons (Fsp3) is 0.333. The van der Waals surface area contributed by atoms with Gasteiger partial charge in [-0.05, 0) is 11.1 Å². The van der Waals surface area contributed by atoms with Gasteiger partial charge in [-0.3, -0.25) is 9.36 Å². The number of rotatable bonds is 8. The van der Waals surface area contributed by atoms with Crippen LogP contribution in [0.5, 0.6) is 6.01 Å². The molecule has 1 saturated heterocycles. The maximum atomic E-state index is 11.7. The number of aliphatic hydroxyl groups excluding tert-OH is 1. The van der Waals surface area contributed by atoms with Gasteiger partial charge in [-0.2, -0.15) is 4.98 Å². The lowest BCUT2D eigenvalue weighted by atomic mass is 9.96. The first-order valence-electron chi connectivity index (χ1n) is 10.5. The van der Waals surface area contributed by atoms with Crippen LogP contribution < -0.4 is 10.3 Å². The fourth-order valence-electron chi connectivity index (χ4n) is 4.17. The lowest BCUT2D eigenvalue weighted by Crippen LogP contribution is -2.52. The van der Waals surface area contributed by atoms with Crippen molar-refractivity contribution >= 4 is 0 Å². The number of benzene rings is 2. The van der Waals surface area contributed by atoms with Crippen LogP contribution in [0.4, 0.5) is 0 Å². The van der Waals surface area contributed by atoms with Crippen molar-refractivity contribution in [2.24, 2.45) is 0 Å². The Balaban J connectivity index is 1.39. The summed E-state index contributed by atoms with van der Waals surface area (Å²) < 4.78 is 26.2. The Hall–Kier alpha value is -3.04. The minimum atomic E-state index is -1.14. The molecule has 2 aliphatic rings. The second kappa shape index (κ2) is 8.84. The first-order chi connectivity index (χ1) is 15.7. The van der Waals surface area contributed by atoms with Gasteiger partial charge in [0.25, 0.3) is 5.56 Å². The molecule has 1 aromatic heterocycles. The molecule has 8 nitrogen and oxygen atoms in total. The Morgan fingerprint density at radius 3 is 2.38 bits per heavy atom. The summed E-state index contributed by atoms with van der Waals surface area (Å²) in [6.07, 6.45) is -0.237. The number of hydrogen-bond donors (Lipinski definition) is 1. The van der Waals surface area contributed by atoms with Crippen molar-refractivity contribution in [2.45, 2.75) is 37.3 Å². The van der Waals surface area contributed by atoms with Gasteiger partial charge in [0.2, 0.25) is 0 Å². The van der Waals surface area contributed by atoms with Crippen LogP contribution in [0, 0.1) is 0 Å². The van der Waals surface area contributed by atoms with E-state index in [4.69, 9.17) is 18.9 Å². The maximum absolute atomic E-state index is 11.7. The molecular formula is C24H24N2O6. The van der Waals surface area contributed by atoms with Gasteiger partial charge in [0.1, 0.15) is 11.7 Å². The van der Waals surface area contributed by atoms with Gasteiger partial charge >= 0.3 is 6.01 Å². The van der Waals surface area contributed by atoms with Crippen LogP contribution in [0.3, 0.4) is 0 Å². The molecule has 0 amide bonds. The summed E-state index contributed by atoms with van der Waals surface area (Å²) in [5.74, 6) is 0. The maximum Gasteiger partial charge on any atom is 0.302 e. The third-order valence-electron chi connectivity index (χ3n) is 5.77. The normalized spacial score (nSPS) is 25.8. The first-order valence-corrected chi connectivity index (χ1v) is 10.5. The second-order valence-electron chi connectivity index (χ2n) is 7.96. The Labute approximate surface area is 185 Å². The summed E-state index contributed by atoms with van der Waals surface area (Å²) in [6.45, 7) is 0.471. The predicted molar refractivity (Wildman–Crippen MR) is 114 cm³/mol. The van der Waals surface area contributed by atoms with E-state index >= 15 is 0 Å². The highest BCUT2D eigenvalue weighted by Gasteiger charge is 2.61. The van der Waals surface area contributed by atoms with E-state index in [0.717, 1.165) is 11.1 Å². The lowest BCUT2D eigenvalue weighted by Gasteiger charge is -2.33. The van der Waals surface area contributed by atoms with Gasteiger partial charge in [0.15, 0.2) is 12.3 Å². The number of nitrogens with zero attached hydrogens (tertiary/aromatic N) is 2. The molecule has 2 aromatic carbocycles. The van der Waals surface area contributed by atoms with Gasteiger partial charge in [-0.25, -0.2) is 0 Å². The van der Waals surface area contributed by atoms with Crippen molar-refractivity contribution in [1.82, 2.24) is 9.55 Å². The lowest BCUT2D eigenvalue weighted by molar-refractivity contribution is -0.177. The molecule has 0 aliphatic carbocycles. The van der Waals surface area contributed by atoms with Crippen molar-refractivity contribution < 1.29 is 24.1 Å². The van der Waals surface area contributed by atoms with E-state index in [2.05, 4.69) is 4.98 Å². The van der Waals surface area contributed by atoms with E-state index in [-0.39, 0.29) is 19.2 Å². The van der Waals surface area contributed by atoms with Crippen LogP contribution in [-0.2, 0) is 27.4 Å². The molecule has 1 fully saturated rings. The number of fused-ring (bicyclic) bond motifs is 3. The minimum absolute atomic E-state index is 0.108. The molecule has 5 rings (SSSR count). The monoisotopic (exact) mass is 436 g/mol. The molecule has 0 radical (unpaired) electrons. The third-order valence-corrected chi connectivity index (χ3v) is 5.77. The Morgan fingerprint density at radius 2 is 1.69 bits per heavy atom. The van der Waals surface area contributed by atoms with Gasteiger partial charge < -0.3 is 24.1 Å². The first kappa shape index (κ1) is 20.8. The topological polar surface area (TPSA) is 92.0 Å². The molecule has 166 valence electrons. The van der Waals surface area contributed by atoms with Crippen molar-refractivity contribution in [2.75, 3.05) is 13.2 Å². The molecule has 2 aliphatic heterocycles. The van der Waals surface area contributed by atoms with E-state index in [0.29, 0.717) is 13.2 Å².